The smallest absolute Gasteiger partial charge is 0.241 e. The first-order valence-electron chi connectivity index (χ1n) is 9.26. The second-order valence-electron chi connectivity index (χ2n) is 6.87. The minimum absolute atomic E-state index is 0.238. The summed E-state index contributed by atoms with van der Waals surface area (Å²) in [4.78, 5) is 2.24. The summed E-state index contributed by atoms with van der Waals surface area (Å²) >= 11 is 0. The molecular weight excluding hydrogens is 313 g/mol. The van der Waals surface area contributed by atoms with Gasteiger partial charge in [-0.05, 0) is 26.1 Å². The molecule has 0 atom stereocenters. The monoisotopic (exact) mass is 339 g/mol. The van der Waals surface area contributed by atoms with Gasteiger partial charge in [0.25, 0.3) is 0 Å². The van der Waals surface area contributed by atoms with E-state index < -0.39 is 0 Å². The Hall–Kier alpha value is -2.58. The molecule has 0 spiro atoms. The molecule has 2 heteroatoms. The third-order valence-electron chi connectivity index (χ3n) is 4.62. The molecule has 0 aliphatic heterocycles. The summed E-state index contributed by atoms with van der Waals surface area (Å²) < 4.78 is 0. The SMILES string of the molecule is CN(C)CC/C=C(\B(c1ccccc1)c1ccccc1)c1ccccc1. The largest absolute Gasteiger partial charge is 0.309 e. The Morgan fingerprint density at radius 1 is 0.731 bits per heavy atom. The van der Waals surface area contributed by atoms with E-state index in [2.05, 4.69) is 116 Å². The zero-order valence-corrected chi connectivity index (χ0v) is 15.7. The molecule has 0 bridgehead atoms. The lowest BCUT2D eigenvalue weighted by atomic mass is 9.35. The van der Waals surface area contributed by atoms with Crippen molar-refractivity contribution in [3.05, 3.63) is 103 Å². The van der Waals surface area contributed by atoms with E-state index in [1.165, 1.54) is 22.0 Å². The fourth-order valence-corrected chi connectivity index (χ4v) is 3.35. The first-order chi connectivity index (χ1) is 12.8. The van der Waals surface area contributed by atoms with Crippen molar-refractivity contribution in [2.24, 2.45) is 0 Å². The van der Waals surface area contributed by atoms with Crippen molar-refractivity contribution in [3.8, 4) is 0 Å². The van der Waals surface area contributed by atoms with Crippen LogP contribution in [0, 0.1) is 0 Å². The van der Waals surface area contributed by atoms with Gasteiger partial charge in [-0.1, -0.05) is 113 Å². The van der Waals surface area contributed by atoms with Crippen LogP contribution in [0.2, 0.25) is 0 Å². The lowest BCUT2D eigenvalue weighted by Crippen LogP contribution is -2.43. The normalized spacial score (nSPS) is 11.6. The van der Waals surface area contributed by atoms with Crippen molar-refractivity contribution in [2.45, 2.75) is 6.42 Å². The number of hydrogen-bond acceptors (Lipinski definition) is 1. The van der Waals surface area contributed by atoms with Crippen LogP contribution in [0.3, 0.4) is 0 Å². The number of nitrogens with zero attached hydrogens (tertiary/aromatic N) is 1. The summed E-state index contributed by atoms with van der Waals surface area (Å²) in [7, 11) is 4.25. The molecule has 0 fully saturated rings. The van der Waals surface area contributed by atoms with Crippen LogP contribution in [-0.2, 0) is 0 Å². The van der Waals surface area contributed by atoms with E-state index in [1.54, 1.807) is 0 Å². The summed E-state index contributed by atoms with van der Waals surface area (Å²) in [5, 5.41) is 0. The molecule has 0 aliphatic carbocycles. The van der Waals surface area contributed by atoms with Crippen LogP contribution < -0.4 is 10.9 Å². The van der Waals surface area contributed by atoms with Gasteiger partial charge in [0.1, 0.15) is 0 Å². The molecule has 0 aromatic heterocycles. The Morgan fingerprint density at radius 3 is 1.65 bits per heavy atom. The Balaban J connectivity index is 2.09. The van der Waals surface area contributed by atoms with Crippen LogP contribution in [0.5, 0.6) is 0 Å². The zero-order valence-electron chi connectivity index (χ0n) is 15.7. The summed E-state index contributed by atoms with van der Waals surface area (Å²) in [5.74, 6) is 0. The highest BCUT2D eigenvalue weighted by molar-refractivity contribution is 6.99. The van der Waals surface area contributed by atoms with Crippen molar-refractivity contribution in [3.63, 3.8) is 0 Å². The maximum absolute atomic E-state index is 2.42. The molecule has 3 rings (SSSR count). The molecule has 130 valence electrons. The molecule has 0 unspecified atom stereocenters. The molecule has 0 saturated heterocycles. The van der Waals surface area contributed by atoms with Crippen LogP contribution in [0.15, 0.2) is 97.1 Å². The first-order valence-corrected chi connectivity index (χ1v) is 9.26. The predicted octanol–water partition coefficient (Wildman–Crippen LogP) is 3.87. The number of hydrogen-bond donors (Lipinski definition) is 0. The van der Waals surface area contributed by atoms with Crippen molar-refractivity contribution < 1.29 is 0 Å². The second kappa shape index (κ2) is 9.21. The Bertz CT molecular complexity index is 771. The van der Waals surface area contributed by atoms with Gasteiger partial charge >= 0.3 is 0 Å². The molecule has 26 heavy (non-hydrogen) atoms. The highest BCUT2D eigenvalue weighted by Crippen LogP contribution is 2.19. The fourth-order valence-electron chi connectivity index (χ4n) is 3.35. The minimum atomic E-state index is 0.238. The summed E-state index contributed by atoms with van der Waals surface area (Å²) in [6, 6.07) is 32.4. The molecule has 1 nitrogen and oxygen atoms in total. The van der Waals surface area contributed by atoms with Gasteiger partial charge in [0.15, 0.2) is 0 Å². The van der Waals surface area contributed by atoms with Crippen LogP contribution in [0.25, 0.3) is 5.47 Å². The van der Waals surface area contributed by atoms with Gasteiger partial charge in [-0.3, -0.25) is 0 Å². The van der Waals surface area contributed by atoms with E-state index in [9.17, 15) is 0 Å². The average molecular weight is 339 g/mol. The lowest BCUT2D eigenvalue weighted by Gasteiger charge is -2.20. The van der Waals surface area contributed by atoms with Crippen LogP contribution in [0.1, 0.15) is 12.0 Å². The molecule has 3 aromatic carbocycles. The molecule has 0 heterocycles. The van der Waals surface area contributed by atoms with Gasteiger partial charge in [-0.25, -0.2) is 0 Å². The van der Waals surface area contributed by atoms with Gasteiger partial charge in [0.05, 0.1) is 0 Å². The third kappa shape index (κ3) is 4.74. The van der Waals surface area contributed by atoms with E-state index in [0.29, 0.717) is 0 Å². The van der Waals surface area contributed by atoms with Crippen molar-refractivity contribution in [2.75, 3.05) is 20.6 Å². The predicted molar refractivity (Wildman–Crippen MR) is 115 cm³/mol. The highest BCUT2D eigenvalue weighted by atomic mass is 15.0. The van der Waals surface area contributed by atoms with E-state index >= 15 is 0 Å². The first kappa shape index (κ1) is 18.2. The quantitative estimate of drug-likeness (QED) is 0.591. The maximum atomic E-state index is 2.42. The van der Waals surface area contributed by atoms with E-state index in [4.69, 9.17) is 0 Å². The van der Waals surface area contributed by atoms with Crippen LogP contribution in [-0.4, -0.2) is 32.3 Å². The Morgan fingerprint density at radius 2 is 1.19 bits per heavy atom. The maximum Gasteiger partial charge on any atom is 0.241 e. The summed E-state index contributed by atoms with van der Waals surface area (Å²) in [5.41, 5.74) is 5.34. The third-order valence-corrected chi connectivity index (χ3v) is 4.62. The molecular formula is C24H26BN. The van der Waals surface area contributed by atoms with Crippen LogP contribution >= 0.6 is 0 Å². The van der Waals surface area contributed by atoms with Crippen LogP contribution in [0.4, 0.5) is 0 Å². The van der Waals surface area contributed by atoms with Gasteiger partial charge in [0.2, 0.25) is 6.71 Å². The second-order valence-corrected chi connectivity index (χ2v) is 6.87. The minimum Gasteiger partial charge on any atom is -0.309 e. The van der Waals surface area contributed by atoms with Crippen molar-refractivity contribution in [1.82, 2.24) is 4.90 Å². The Labute approximate surface area is 158 Å². The lowest BCUT2D eigenvalue weighted by molar-refractivity contribution is 0.417. The molecule has 3 aromatic rings. The number of benzene rings is 3. The molecule has 0 radical (unpaired) electrons. The molecule has 0 N–H and O–H groups in total. The summed E-state index contributed by atoms with van der Waals surface area (Å²) in [6.07, 6.45) is 3.45. The van der Waals surface area contributed by atoms with Gasteiger partial charge in [-0.2, -0.15) is 0 Å². The van der Waals surface area contributed by atoms with E-state index in [0.717, 1.165) is 13.0 Å². The number of rotatable bonds is 7. The summed E-state index contributed by atoms with van der Waals surface area (Å²) in [6.45, 7) is 1.29. The van der Waals surface area contributed by atoms with Gasteiger partial charge in [0, 0.05) is 6.54 Å². The zero-order chi connectivity index (χ0) is 18.2. The molecule has 0 amide bonds. The van der Waals surface area contributed by atoms with Crippen molar-refractivity contribution >= 4 is 23.1 Å². The fraction of sp³-hybridized carbons (Fsp3) is 0.167. The average Bonchev–Trinajstić information content (AvgIpc) is 2.69. The van der Waals surface area contributed by atoms with Gasteiger partial charge < -0.3 is 4.90 Å². The van der Waals surface area contributed by atoms with E-state index in [-0.39, 0.29) is 6.71 Å². The van der Waals surface area contributed by atoms with Crippen molar-refractivity contribution in [1.29, 1.82) is 0 Å². The van der Waals surface area contributed by atoms with Gasteiger partial charge in [-0.15, -0.1) is 0 Å². The standard InChI is InChI=1S/C24H26BN/c1-26(2)20-12-19-24(21-13-6-3-7-14-21)25(22-15-8-4-9-16-22)23-17-10-5-11-18-23/h3-11,13-19H,12,20H2,1-2H3/b24-19-. The molecule has 0 aliphatic rings. The van der Waals surface area contributed by atoms with E-state index in [1.807, 2.05) is 0 Å². The highest BCUT2D eigenvalue weighted by Gasteiger charge is 2.24. The molecule has 0 saturated carbocycles. The Kier molecular flexibility index (Phi) is 6.46. The topological polar surface area (TPSA) is 3.24 Å².